The fourth-order valence-electron chi connectivity index (χ4n) is 2.54. The first kappa shape index (κ1) is 17.0. The minimum Gasteiger partial charge on any atom is -0.496 e. The molecular weight excluding hydrogens is 250 g/mol. The van der Waals surface area contributed by atoms with Crippen molar-refractivity contribution in [1.29, 1.82) is 0 Å². The molecule has 0 aliphatic carbocycles. The first-order valence-corrected chi connectivity index (χ1v) is 7.47. The summed E-state index contributed by atoms with van der Waals surface area (Å²) >= 11 is 0. The molecule has 0 radical (unpaired) electrons. The molecule has 1 N–H and O–H groups in total. The molecule has 0 saturated carbocycles. The van der Waals surface area contributed by atoms with Crippen molar-refractivity contribution in [2.24, 2.45) is 11.8 Å². The lowest BCUT2D eigenvalue weighted by Gasteiger charge is -2.28. The number of rotatable bonds is 8. The average molecular weight is 279 g/mol. The van der Waals surface area contributed by atoms with Gasteiger partial charge < -0.3 is 9.84 Å². The predicted octanol–water partition coefficient (Wildman–Crippen LogP) is 3.34. The number of aliphatic hydroxyl groups is 1. The maximum Gasteiger partial charge on any atom is 0.124 e. The molecule has 0 bridgehead atoms. The molecular formula is C17H29NO2. The normalized spacial score (nSPS) is 13.2. The molecule has 1 aromatic rings. The largest absolute Gasteiger partial charge is 0.496 e. The molecule has 0 heterocycles. The number of ether oxygens (including phenoxy) is 1. The highest BCUT2D eigenvalue weighted by atomic mass is 16.5. The van der Waals surface area contributed by atoms with Gasteiger partial charge in [0.1, 0.15) is 5.75 Å². The van der Waals surface area contributed by atoms with Crippen LogP contribution < -0.4 is 4.74 Å². The number of benzene rings is 1. The van der Waals surface area contributed by atoms with Crippen molar-refractivity contribution in [3.05, 3.63) is 29.8 Å². The van der Waals surface area contributed by atoms with Crippen LogP contribution >= 0.6 is 0 Å². The van der Waals surface area contributed by atoms with Crippen molar-refractivity contribution in [2.75, 3.05) is 26.7 Å². The van der Waals surface area contributed by atoms with Gasteiger partial charge in [-0.15, -0.1) is 0 Å². The predicted molar refractivity (Wildman–Crippen MR) is 84.1 cm³/mol. The van der Waals surface area contributed by atoms with Gasteiger partial charge >= 0.3 is 0 Å². The standard InChI is InChI=1S/C17H29NO2/c1-13(2)10-18(11-14(3)4)12-16(19)15-8-6-7-9-17(15)20-5/h6-9,13-14,16,19H,10-12H2,1-5H3. The Balaban J connectivity index is 2.76. The van der Waals surface area contributed by atoms with E-state index in [1.807, 2.05) is 24.3 Å². The van der Waals surface area contributed by atoms with Crippen molar-refractivity contribution in [3.8, 4) is 5.75 Å². The summed E-state index contributed by atoms with van der Waals surface area (Å²) in [6, 6.07) is 7.70. The van der Waals surface area contributed by atoms with E-state index in [1.165, 1.54) is 0 Å². The smallest absolute Gasteiger partial charge is 0.124 e. The zero-order chi connectivity index (χ0) is 15.1. The van der Waals surface area contributed by atoms with E-state index in [1.54, 1.807) is 7.11 Å². The van der Waals surface area contributed by atoms with E-state index in [4.69, 9.17) is 4.74 Å². The molecule has 0 aliphatic heterocycles. The lowest BCUT2D eigenvalue weighted by Crippen LogP contribution is -2.35. The molecule has 1 aromatic carbocycles. The van der Waals surface area contributed by atoms with Gasteiger partial charge in [0.15, 0.2) is 0 Å². The molecule has 0 aromatic heterocycles. The van der Waals surface area contributed by atoms with Crippen molar-refractivity contribution in [3.63, 3.8) is 0 Å². The Morgan fingerprint density at radius 1 is 1.00 bits per heavy atom. The fourth-order valence-corrected chi connectivity index (χ4v) is 2.54. The molecule has 114 valence electrons. The van der Waals surface area contributed by atoms with Gasteiger partial charge in [-0.3, -0.25) is 4.90 Å². The lowest BCUT2D eigenvalue weighted by molar-refractivity contribution is 0.0967. The van der Waals surface area contributed by atoms with Crippen molar-refractivity contribution in [2.45, 2.75) is 33.8 Å². The zero-order valence-corrected chi connectivity index (χ0v) is 13.5. The second-order valence-corrected chi connectivity index (χ2v) is 6.26. The minimum atomic E-state index is -0.511. The summed E-state index contributed by atoms with van der Waals surface area (Å²) in [7, 11) is 1.64. The molecule has 20 heavy (non-hydrogen) atoms. The molecule has 1 atom stereocenters. The Labute approximate surface area is 123 Å². The highest BCUT2D eigenvalue weighted by Gasteiger charge is 2.18. The third-order valence-corrected chi connectivity index (χ3v) is 3.18. The third kappa shape index (κ3) is 5.51. The summed E-state index contributed by atoms with van der Waals surface area (Å²) in [5.74, 6) is 1.95. The Hall–Kier alpha value is -1.06. The second-order valence-electron chi connectivity index (χ2n) is 6.26. The first-order valence-electron chi connectivity index (χ1n) is 7.47. The van der Waals surface area contributed by atoms with E-state index in [2.05, 4.69) is 32.6 Å². The molecule has 1 unspecified atom stereocenters. The first-order chi connectivity index (χ1) is 9.43. The van der Waals surface area contributed by atoms with Crippen LogP contribution in [0.15, 0.2) is 24.3 Å². The Bertz CT molecular complexity index is 380. The molecule has 0 amide bonds. The number of nitrogens with zero attached hydrogens (tertiary/aromatic N) is 1. The van der Waals surface area contributed by atoms with Crippen LogP contribution in [0.5, 0.6) is 5.75 Å². The SMILES string of the molecule is COc1ccccc1C(O)CN(CC(C)C)CC(C)C. The summed E-state index contributed by atoms with van der Waals surface area (Å²) in [5.41, 5.74) is 0.868. The van der Waals surface area contributed by atoms with E-state index in [0.717, 1.165) is 24.4 Å². The fraction of sp³-hybridized carbons (Fsp3) is 0.647. The van der Waals surface area contributed by atoms with E-state index in [-0.39, 0.29) is 0 Å². The number of methoxy groups -OCH3 is 1. The summed E-state index contributed by atoms with van der Waals surface area (Å²) in [5, 5.41) is 10.5. The van der Waals surface area contributed by atoms with Crippen LogP contribution in [0.25, 0.3) is 0 Å². The summed E-state index contributed by atoms with van der Waals surface area (Å²) < 4.78 is 5.33. The van der Waals surface area contributed by atoms with Crippen molar-refractivity contribution < 1.29 is 9.84 Å². The van der Waals surface area contributed by atoms with Crippen LogP contribution in [0.2, 0.25) is 0 Å². The van der Waals surface area contributed by atoms with Gasteiger partial charge in [-0.2, -0.15) is 0 Å². The van der Waals surface area contributed by atoms with Crippen LogP contribution in [0.4, 0.5) is 0 Å². The minimum absolute atomic E-state index is 0.511. The Morgan fingerprint density at radius 3 is 2.05 bits per heavy atom. The van der Waals surface area contributed by atoms with Gasteiger partial charge in [0.05, 0.1) is 13.2 Å². The summed E-state index contributed by atoms with van der Waals surface area (Å²) in [4.78, 5) is 2.34. The van der Waals surface area contributed by atoms with Crippen LogP contribution in [-0.4, -0.2) is 36.8 Å². The van der Waals surface area contributed by atoms with Gasteiger partial charge in [0.25, 0.3) is 0 Å². The zero-order valence-electron chi connectivity index (χ0n) is 13.5. The molecule has 0 aliphatic rings. The summed E-state index contributed by atoms with van der Waals surface area (Å²) in [6.07, 6.45) is -0.511. The van der Waals surface area contributed by atoms with Crippen LogP contribution in [0, 0.1) is 11.8 Å². The number of hydrogen-bond acceptors (Lipinski definition) is 3. The summed E-state index contributed by atoms with van der Waals surface area (Å²) in [6.45, 7) is 11.5. The van der Waals surface area contributed by atoms with Crippen LogP contribution in [-0.2, 0) is 0 Å². The van der Waals surface area contributed by atoms with Gasteiger partial charge in [-0.25, -0.2) is 0 Å². The van der Waals surface area contributed by atoms with Crippen molar-refractivity contribution >= 4 is 0 Å². The topological polar surface area (TPSA) is 32.7 Å². The van der Waals surface area contributed by atoms with E-state index >= 15 is 0 Å². The number of aliphatic hydroxyl groups excluding tert-OH is 1. The maximum absolute atomic E-state index is 10.5. The Morgan fingerprint density at radius 2 is 1.55 bits per heavy atom. The monoisotopic (exact) mass is 279 g/mol. The molecule has 3 nitrogen and oxygen atoms in total. The average Bonchev–Trinajstić information content (AvgIpc) is 2.36. The van der Waals surface area contributed by atoms with E-state index < -0.39 is 6.10 Å². The number of para-hydroxylation sites is 1. The lowest BCUT2D eigenvalue weighted by atomic mass is 10.1. The number of hydrogen-bond donors (Lipinski definition) is 1. The maximum atomic E-state index is 10.5. The van der Waals surface area contributed by atoms with E-state index in [9.17, 15) is 5.11 Å². The molecule has 0 spiro atoms. The van der Waals surface area contributed by atoms with Gasteiger partial charge in [0.2, 0.25) is 0 Å². The second kappa shape index (κ2) is 8.28. The van der Waals surface area contributed by atoms with Gasteiger partial charge in [0, 0.05) is 25.2 Å². The van der Waals surface area contributed by atoms with Crippen LogP contribution in [0.3, 0.4) is 0 Å². The highest BCUT2D eigenvalue weighted by molar-refractivity contribution is 5.35. The third-order valence-electron chi connectivity index (χ3n) is 3.18. The molecule has 3 heteroatoms. The van der Waals surface area contributed by atoms with Gasteiger partial charge in [-0.1, -0.05) is 45.9 Å². The molecule has 1 rings (SSSR count). The molecule has 0 fully saturated rings. The van der Waals surface area contributed by atoms with E-state index in [0.29, 0.717) is 18.4 Å². The van der Waals surface area contributed by atoms with Crippen LogP contribution in [0.1, 0.15) is 39.4 Å². The quantitative estimate of drug-likeness (QED) is 0.792. The highest BCUT2D eigenvalue weighted by Crippen LogP contribution is 2.25. The van der Waals surface area contributed by atoms with Gasteiger partial charge in [-0.05, 0) is 17.9 Å². The molecule has 0 saturated heterocycles. The van der Waals surface area contributed by atoms with Crippen molar-refractivity contribution in [1.82, 2.24) is 4.90 Å². The Kier molecular flexibility index (Phi) is 7.03.